The number of hydrogen-bond acceptors (Lipinski definition) is 6. The molecule has 0 bridgehead atoms. The zero-order valence-corrected chi connectivity index (χ0v) is 17.9. The highest BCUT2D eigenvalue weighted by Crippen LogP contribution is 2.46. The van der Waals surface area contributed by atoms with E-state index in [1.54, 1.807) is 13.1 Å². The molecule has 1 unspecified atom stereocenters. The predicted molar refractivity (Wildman–Crippen MR) is 115 cm³/mol. The molecule has 0 radical (unpaired) electrons. The molecule has 0 spiro atoms. The van der Waals surface area contributed by atoms with Gasteiger partial charge in [-0.3, -0.25) is 14.5 Å². The Bertz CT molecular complexity index is 1090. The van der Waals surface area contributed by atoms with Gasteiger partial charge in [-0.1, -0.05) is 13.0 Å². The maximum Gasteiger partial charge on any atom is 0.290 e. The second kappa shape index (κ2) is 8.30. The van der Waals surface area contributed by atoms with E-state index in [0.717, 1.165) is 29.9 Å². The molecule has 1 aliphatic rings. The Morgan fingerprint density at radius 2 is 2.03 bits per heavy atom. The number of aryl methyl sites for hydroxylation is 4. The number of nitrogens with zero attached hydrogens (tertiary/aromatic N) is 5. The van der Waals surface area contributed by atoms with E-state index in [-0.39, 0.29) is 5.56 Å². The first kappa shape index (κ1) is 20.1. The van der Waals surface area contributed by atoms with Gasteiger partial charge in [0.2, 0.25) is 5.88 Å². The van der Waals surface area contributed by atoms with Crippen molar-refractivity contribution in [1.82, 2.24) is 24.5 Å². The molecule has 8 heteroatoms. The van der Waals surface area contributed by atoms with Crippen molar-refractivity contribution in [2.75, 3.05) is 11.9 Å². The minimum absolute atomic E-state index is 0.187. The molecule has 0 amide bonds. The van der Waals surface area contributed by atoms with Gasteiger partial charge in [0.05, 0.1) is 24.5 Å². The van der Waals surface area contributed by atoms with Crippen LogP contribution in [0.4, 0.5) is 5.69 Å². The van der Waals surface area contributed by atoms with Crippen LogP contribution in [0.5, 0.6) is 5.88 Å². The summed E-state index contributed by atoms with van der Waals surface area (Å²) in [7, 11) is 3.54. The van der Waals surface area contributed by atoms with Crippen LogP contribution in [0.2, 0.25) is 0 Å². The van der Waals surface area contributed by atoms with Gasteiger partial charge in [-0.15, -0.1) is 5.10 Å². The van der Waals surface area contributed by atoms with Gasteiger partial charge in [0, 0.05) is 43.9 Å². The molecule has 3 aromatic heterocycles. The lowest BCUT2D eigenvalue weighted by atomic mass is 10.2. The van der Waals surface area contributed by atoms with E-state index < -0.39 is 0 Å². The van der Waals surface area contributed by atoms with Crippen molar-refractivity contribution in [3.8, 4) is 5.88 Å². The summed E-state index contributed by atoms with van der Waals surface area (Å²) in [5, 5.41) is 11.9. The minimum Gasteiger partial charge on any atom is -0.476 e. The first-order valence-electron chi connectivity index (χ1n) is 10.3. The fourth-order valence-electron chi connectivity index (χ4n) is 3.56. The summed E-state index contributed by atoms with van der Waals surface area (Å²) in [5.74, 6) is 1.31. The van der Waals surface area contributed by atoms with Crippen molar-refractivity contribution in [3.63, 3.8) is 0 Å². The van der Waals surface area contributed by atoms with Crippen LogP contribution in [0.15, 0.2) is 35.3 Å². The van der Waals surface area contributed by atoms with Gasteiger partial charge in [-0.05, 0) is 37.5 Å². The molecule has 3 aromatic rings. The van der Waals surface area contributed by atoms with Gasteiger partial charge >= 0.3 is 0 Å². The van der Waals surface area contributed by atoms with Crippen LogP contribution >= 0.6 is 0 Å². The summed E-state index contributed by atoms with van der Waals surface area (Å²) in [6.45, 7) is 5.18. The minimum atomic E-state index is -0.187. The largest absolute Gasteiger partial charge is 0.476 e. The lowest BCUT2D eigenvalue weighted by Crippen LogP contribution is -2.24. The standard InChI is InChI=1S/C22H28N6O2/c1-5-16-9-17(27(3)25-16)12-24-20-10-21(26-28(4)22(20)29)30-13-15-8-18(15)19-7-6-14(2)11-23-19/h6-7,9-11,15,18,24H,5,8,12-13H2,1-4H3/t15?,18-/m1/s1. The fraction of sp³-hybridized carbons (Fsp3) is 0.455. The molecule has 158 valence electrons. The number of ether oxygens (including phenoxy) is 1. The summed E-state index contributed by atoms with van der Waals surface area (Å²) < 4.78 is 9.07. The third-order valence-corrected chi connectivity index (χ3v) is 5.57. The molecule has 1 aliphatic carbocycles. The summed E-state index contributed by atoms with van der Waals surface area (Å²) in [5.41, 5.74) is 4.61. The zero-order valence-electron chi connectivity index (χ0n) is 17.9. The first-order chi connectivity index (χ1) is 14.4. The molecular formula is C22H28N6O2. The summed E-state index contributed by atoms with van der Waals surface area (Å²) >= 11 is 0. The van der Waals surface area contributed by atoms with Crippen LogP contribution in [-0.2, 0) is 27.1 Å². The second-order valence-electron chi connectivity index (χ2n) is 7.96. The van der Waals surface area contributed by atoms with E-state index in [2.05, 4.69) is 39.6 Å². The highest BCUT2D eigenvalue weighted by atomic mass is 16.5. The molecule has 1 fully saturated rings. The predicted octanol–water partition coefficient (Wildman–Crippen LogP) is 2.57. The van der Waals surface area contributed by atoms with Crippen LogP contribution in [0.3, 0.4) is 0 Å². The van der Waals surface area contributed by atoms with Gasteiger partial charge in [0.25, 0.3) is 5.56 Å². The molecule has 1 saturated carbocycles. The monoisotopic (exact) mass is 408 g/mol. The highest BCUT2D eigenvalue weighted by molar-refractivity contribution is 5.43. The van der Waals surface area contributed by atoms with Crippen molar-refractivity contribution in [3.05, 3.63) is 63.5 Å². The number of anilines is 1. The topological polar surface area (TPSA) is 86.9 Å². The number of nitrogens with one attached hydrogen (secondary N) is 1. The Hall–Kier alpha value is -3.16. The summed E-state index contributed by atoms with van der Waals surface area (Å²) in [6, 6.07) is 7.91. The third kappa shape index (κ3) is 4.37. The lowest BCUT2D eigenvalue weighted by molar-refractivity contribution is 0.278. The quantitative estimate of drug-likeness (QED) is 0.616. The van der Waals surface area contributed by atoms with Gasteiger partial charge in [-0.2, -0.15) is 5.10 Å². The number of hydrogen-bond donors (Lipinski definition) is 1. The second-order valence-corrected chi connectivity index (χ2v) is 7.96. The van der Waals surface area contributed by atoms with Crippen LogP contribution in [-0.4, -0.2) is 31.2 Å². The molecule has 0 aliphatic heterocycles. The van der Waals surface area contributed by atoms with E-state index in [1.165, 1.54) is 10.2 Å². The zero-order chi connectivity index (χ0) is 21.3. The SMILES string of the molecule is CCc1cc(CNc2cc(OCC3C[C@H]3c3ccc(C)cn3)nn(C)c2=O)n(C)n1. The Morgan fingerprint density at radius 1 is 1.20 bits per heavy atom. The van der Waals surface area contributed by atoms with Crippen LogP contribution in [0.25, 0.3) is 0 Å². The van der Waals surface area contributed by atoms with Crippen molar-refractivity contribution in [1.29, 1.82) is 0 Å². The van der Waals surface area contributed by atoms with Gasteiger partial charge in [0.1, 0.15) is 5.69 Å². The number of pyridine rings is 1. The maximum absolute atomic E-state index is 12.5. The molecule has 30 heavy (non-hydrogen) atoms. The summed E-state index contributed by atoms with van der Waals surface area (Å²) in [6.07, 6.45) is 3.85. The smallest absolute Gasteiger partial charge is 0.290 e. The maximum atomic E-state index is 12.5. The molecule has 1 N–H and O–H groups in total. The van der Waals surface area contributed by atoms with Gasteiger partial charge < -0.3 is 10.1 Å². The van der Waals surface area contributed by atoms with Gasteiger partial charge in [-0.25, -0.2) is 4.68 Å². The average molecular weight is 409 g/mol. The van der Waals surface area contributed by atoms with Crippen molar-refractivity contribution < 1.29 is 4.74 Å². The number of aromatic nitrogens is 5. The molecule has 2 atom stereocenters. The van der Waals surface area contributed by atoms with Crippen molar-refractivity contribution >= 4 is 5.69 Å². The van der Waals surface area contributed by atoms with E-state index in [1.807, 2.05) is 30.9 Å². The highest BCUT2D eigenvalue weighted by Gasteiger charge is 2.40. The van der Waals surface area contributed by atoms with Crippen LogP contribution < -0.4 is 15.6 Å². The van der Waals surface area contributed by atoms with Crippen molar-refractivity contribution in [2.45, 2.75) is 39.2 Å². The Kier molecular flexibility index (Phi) is 5.57. The van der Waals surface area contributed by atoms with Crippen molar-refractivity contribution in [2.24, 2.45) is 20.0 Å². The Labute approximate surface area is 175 Å². The Balaban J connectivity index is 1.38. The van der Waals surface area contributed by atoms with E-state index in [4.69, 9.17) is 4.74 Å². The molecule has 8 nitrogen and oxygen atoms in total. The van der Waals surface area contributed by atoms with E-state index in [9.17, 15) is 4.79 Å². The molecule has 0 saturated heterocycles. The first-order valence-corrected chi connectivity index (χ1v) is 10.3. The van der Waals surface area contributed by atoms with E-state index >= 15 is 0 Å². The summed E-state index contributed by atoms with van der Waals surface area (Å²) in [4.78, 5) is 17.0. The Morgan fingerprint density at radius 3 is 2.73 bits per heavy atom. The van der Waals surface area contributed by atoms with Crippen LogP contribution in [0.1, 0.15) is 41.9 Å². The molecule has 3 heterocycles. The van der Waals surface area contributed by atoms with Gasteiger partial charge in [0.15, 0.2) is 0 Å². The number of rotatable bonds is 8. The average Bonchev–Trinajstić information content (AvgIpc) is 3.42. The van der Waals surface area contributed by atoms with Crippen LogP contribution in [0, 0.1) is 12.8 Å². The fourth-order valence-corrected chi connectivity index (χ4v) is 3.56. The van der Waals surface area contributed by atoms with E-state index in [0.29, 0.717) is 36.6 Å². The third-order valence-electron chi connectivity index (χ3n) is 5.57. The molecule has 0 aromatic carbocycles. The molecule has 4 rings (SSSR count). The lowest BCUT2D eigenvalue weighted by Gasteiger charge is -2.11. The normalized spacial score (nSPS) is 17.7. The molecular weight excluding hydrogens is 380 g/mol.